The third-order valence-electron chi connectivity index (χ3n) is 7.50. The predicted octanol–water partition coefficient (Wildman–Crippen LogP) is 1.85. The molecule has 39 heavy (non-hydrogen) atoms. The summed E-state index contributed by atoms with van der Waals surface area (Å²) in [6.45, 7) is 7.57. The lowest BCUT2D eigenvalue weighted by atomic mass is 10.0. The van der Waals surface area contributed by atoms with Gasteiger partial charge in [0.05, 0.1) is 0 Å². The van der Waals surface area contributed by atoms with Gasteiger partial charge >= 0.3 is 16.3 Å². The average Bonchev–Trinajstić information content (AvgIpc) is 3.29. The fourth-order valence-electron chi connectivity index (χ4n) is 5.43. The average molecular weight is 572 g/mol. The van der Waals surface area contributed by atoms with E-state index in [1.165, 1.54) is 4.90 Å². The second-order valence-corrected chi connectivity index (χ2v) is 13.4. The van der Waals surface area contributed by atoms with E-state index in [4.69, 9.17) is 4.74 Å². The molecule has 0 aromatic rings. The highest BCUT2D eigenvalue weighted by Crippen LogP contribution is 2.47. The summed E-state index contributed by atoms with van der Waals surface area (Å²) in [5, 5.41) is 5.55. The van der Waals surface area contributed by atoms with Gasteiger partial charge in [-0.25, -0.2) is 9.52 Å². The Hall–Kier alpha value is -2.41. The van der Waals surface area contributed by atoms with Gasteiger partial charge in [-0.05, 0) is 65.2 Å². The van der Waals surface area contributed by atoms with Crippen molar-refractivity contribution >= 4 is 34.0 Å². The van der Waals surface area contributed by atoms with Gasteiger partial charge < -0.3 is 20.3 Å². The molecule has 4 atom stereocenters. The van der Waals surface area contributed by atoms with Gasteiger partial charge in [0, 0.05) is 13.1 Å². The summed E-state index contributed by atoms with van der Waals surface area (Å²) >= 11 is 0. The van der Waals surface area contributed by atoms with Crippen LogP contribution in [0, 0.1) is 5.92 Å². The van der Waals surface area contributed by atoms with E-state index in [1.807, 2.05) is 6.92 Å². The molecule has 0 bridgehead atoms. The lowest BCUT2D eigenvalue weighted by molar-refractivity contribution is -0.141. The van der Waals surface area contributed by atoms with E-state index in [0.29, 0.717) is 45.1 Å². The second-order valence-electron chi connectivity index (χ2n) is 11.9. The van der Waals surface area contributed by atoms with Gasteiger partial charge in [-0.15, -0.1) is 0 Å². The van der Waals surface area contributed by atoms with E-state index >= 15 is 0 Å². The van der Waals surface area contributed by atoms with Crippen LogP contribution in [-0.2, 0) is 29.3 Å². The molecular weight excluding hydrogens is 526 g/mol. The van der Waals surface area contributed by atoms with Crippen LogP contribution in [0.1, 0.15) is 98.3 Å². The molecule has 3 aliphatic rings. The minimum Gasteiger partial charge on any atom is -0.444 e. The maximum atomic E-state index is 13.6. The zero-order valence-electron chi connectivity index (χ0n) is 23.6. The highest BCUT2D eigenvalue weighted by Gasteiger charge is 2.61. The molecule has 1 saturated carbocycles. The third-order valence-corrected chi connectivity index (χ3v) is 8.54. The molecule has 2 heterocycles. The molecule has 3 fully saturated rings. The van der Waals surface area contributed by atoms with E-state index in [1.54, 1.807) is 20.8 Å². The maximum absolute atomic E-state index is 13.6. The summed E-state index contributed by atoms with van der Waals surface area (Å²) in [4.78, 5) is 54.4. The Bertz CT molecular complexity index is 1030. The molecule has 12 nitrogen and oxygen atoms in total. The number of rotatable bonds is 6. The van der Waals surface area contributed by atoms with E-state index in [2.05, 4.69) is 20.1 Å². The second kappa shape index (κ2) is 12.8. The number of carbonyl (C=O) groups is 4. The smallest absolute Gasteiger partial charge is 0.408 e. The van der Waals surface area contributed by atoms with Crippen LogP contribution in [0.25, 0.3) is 0 Å². The highest BCUT2D eigenvalue weighted by atomic mass is 32.2. The normalized spacial score (nSPS) is 28.7. The number of hydrogen-bond acceptors (Lipinski definition) is 7. The van der Waals surface area contributed by atoms with E-state index in [0.717, 1.165) is 32.1 Å². The van der Waals surface area contributed by atoms with Crippen molar-refractivity contribution in [2.24, 2.45) is 5.92 Å². The Balaban J connectivity index is 1.80. The molecule has 13 heteroatoms. The summed E-state index contributed by atoms with van der Waals surface area (Å²) in [7, 11) is -4.06. The number of hydrogen-bond donors (Lipinski definition) is 4. The first-order valence-corrected chi connectivity index (χ1v) is 15.7. The van der Waals surface area contributed by atoms with E-state index < -0.39 is 51.3 Å². The largest absolute Gasteiger partial charge is 0.444 e. The molecule has 222 valence electrons. The number of nitrogens with one attached hydrogen (secondary N) is 4. The Kier molecular flexibility index (Phi) is 10.2. The Labute approximate surface area is 231 Å². The van der Waals surface area contributed by atoms with Crippen LogP contribution in [0.3, 0.4) is 0 Å². The fraction of sp³-hybridized carbons (Fsp3) is 0.846. The Morgan fingerprint density at radius 1 is 1.05 bits per heavy atom. The highest BCUT2D eigenvalue weighted by molar-refractivity contribution is 7.88. The van der Waals surface area contributed by atoms with Crippen molar-refractivity contribution in [3.05, 3.63) is 0 Å². The minimum atomic E-state index is -4.06. The monoisotopic (exact) mass is 571 g/mol. The molecule has 1 aliphatic carbocycles. The van der Waals surface area contributed by atoms with Gasteiger partial charge in [-0.1, -0.05) is 39.0 Å². The number of alkyl carbamates (subject to hydrolysis) is 1. The molecule has 0 unspecified atom stereocenters. The lowest BCUT2D eigenvalue weighted by Gasteiger charge is -2.30. The summed E-state index contributed by atoms with van der Waals surface area (Å²) < 4.78 is 34.5. The first-order chi connectivity index (χ1) is 18.3. The van der Waals surface area contributed by atoms with Crippen molar-refractivity contribution in [2.45, 2.75) is 122 Å². The van der Waals surface area contributed by atoms with Crippen LogP contribution >= 0.6 is 0 Å². The number of ether oxygens (including phenoxy) is 1. The zero-order valence-corrected chi connectivity index (χ0v) is 24.5. The maximum Gasteiger partial charge on any atom is 0.408 e. The number of nitrogens with zero attached hydrogens (tertiary/aromatic N) is 1. The van der Waals surface area contributed by atoms with Crippen molar-refractivity contribution in [3.63, 3.8) is 0 Å². The molecule has 3 rings (SSSR count). The van der Waals surface area contributed by atoms with Gasteiger partial charge in [0.25, 0.3) is 5.91 Å². The van der Waals surface area contributed by atoms with Crippen molar-refractivity contribution < 1.29 is 32.3 Å². The van der Waals surface area contributed by atoms with Crippen LogP contribution in [0.2, 0.25) is 0 Å². The van der Waals surface area contributed by atoms with Crippen molar-refractivity contribution in [1.82, 2.24) is 25.0 Å². The van der Waals surface area contributed by atoms with Gasteiger partial charge in [-0.3, -0.25) is 14.4 Å². The fourth-order valence-corrected chi connectivity index (χ4v) is 6.41. The zero-order chi connectivity index (χ0) is 28.8. The molecule has 0 radical (unpaired) electrons. The summed E-state index contributed by atoms with van der Waals surface area (Å²) in [5.41, 5.74) is -2.05. The molecule has 0 aromatic carbocycles. The predicted molar refractivity (Wildman–Crippen MR) is 145 cm³/mol. The van der Waals surface area contributed by atoms with Crippen LogP contribution < -0.4 is 20.1 Å². The van der Waals surface area contributed by atoms with Crippen LogP contribution in [-0.4, -0.2) is 73.4 Å². The van der Waals surface area contributed by atoms with Gasteiger partial charge in [0.15, 0.2) is 0 Å². The molecule has 4 N–H and O–H groups in total. The van der Waals surface area contributed by atoms with Crippen molar-refractivity contribution in [3.8, 4) is 0 Å². The van der Waals surface area contributed by atoms with Gasteiger partial charge in [0.2, 0.25) is 11.8 Å². The molecule has 4 amide bonds. The molecule has 0 spiro atoms. The van der Waals surface area contributed by atoms with Crippen LogP contribution in [0.15, 0.2) is 0 Å². The van der Waals surface area contributed by atoms with Crippen LogP contribution in [0.5, 0.6) is 0 Å². The quantitative estimate of drug-likeness (QED) is 0.378. The molecule has 2 aliphatic heterocycles. The molecular formula is C26H45N5O7S. The summed E-state index contributed by atoms with van der Waals surface area (Å²) in [6.07, 6.45) is 6.62. The van der Waals surface area contributed by atoms with Crippen LogP contribution in [0.4, 0.5) is 4.79 Å². The Morgan fingerprint density at radius 3 is 2.38 bits per heavy atom. The molecule has 0 aromatic heterocycles. The number of fused-ring (bicyclic) bond motifs is 2. The van der Waals surface area contributed by atoms with E-state index in [9.17, 15) is 27.6 Å². The van der Waals surface area contributed by atoms with Crippen molar-refractivity contribution in [2.75, 3.05) is 13.1 Å². The molecule has 2 saturated heterocycles. The topological polar surface area (TPSA) is 163 Å². The summed E-state index contributed by atoms with van der Waals surface area (Å²) in [5.74, 6) is -1.77. The lowest BCUT2D eigenvalue weighted by Crippen LogP contribution is -2.59. The SMILES string of the molecule is CCCNS(=O)(=O)NC(=O)[C@@]12C[C@H]1CCCCCCC[C@H](NC(=O)OC(C)(C)C)C(=O)N1CCC[C@H]1C(=O)N2. The standard InChI is InChI=1S/C26H45N5O7S/c1-5-15-27-39(36,37)30-23(34)26-17-18(26)12-9-7-6-8-10-13-19(28-24(35)38-25(2,3)4)22(33)31-16-11-14-20(31)21(32)29-26/h18-20,27H,5-17H2,1-4H3,(H,28,35)(H,29,32)(H,30,34)/t18-,19+,20+,26-/m1/s1. The number of amides is 4. The van der Waals surface area contributed by atoms with E-state index in [-0.39, 0.29) is 18.4 Å². The number of carbonyl (C=O) groups excluding carboxylic acids is 4. The first kappa shape index (κ1) is 31.1. The van der Waals surface area contributed by atoms with Crippen molar-refractivity contribution in [1.29, 1.82) is 0 Å². The first-order valence-electron chi connectivity index (χ1n) is 14.2. The summed E-state index contributed by atoms with van der Waals surface area (Å²) in [6, 6.07) is -1.65. The Morgan fingerprint density at radius 2 is 1.72 bits per heavy atom. The third kappa shape index (κ3) is 8.54. The minimum absolute atomic E-state index is 0.180. The van der Waals surface area contributed by atoms with Gasteiger partial charge in [0.1, 0.15) is 23.2 Å². The van der Waals surface area contributed by atoms with Gasteiger partial charge in [-0.2, -0.15) is 13.1 Å².